The monoisotopic (exact) mass is 356 g/mol. The van der Waals surface area contributed by atoms with Crippen molar-refractivity contribution in [2.45, 2.75) is 38.3 Å². The van der Waals surface area contributed by atoms with Crippen molar-refractivity contribution >= 4 is 17.5 Å². The van der Waals surface area contributed by atoms with Crippen molar-refractivity contribution in [2.75, 3.05) is 19.1 Å². The summed E-state index contributed by atoms with van der Waals surface area (Å²) in [6.07, 6.45) is 4.57. The molecule has 0 fully saturated rings. The normalized spacial score (nSPS) is 18.9. The van der Waals surface area contributed by atoms with Crippen LogP contribution in [0.15, 0.2) is 12.3 Å². The Kier molecular flexibility index (Phi) is 4.06. The molecule has 0 aliphatic carbocycles. The van der Waals surface area contributed by atoms with E-state index in [0.717, 1.165) is 36.5 Å². The number of ether oxygens (including phenoxy) is 1. The Labute approximate surface area is 150 Å². The molecule has 0 saturated carbocycles. The smallest absolute Gasteiger partial charge is 0.291 e. The molecule has 0 radical (unpaired) electrons. The van der Waals surface area contributed by atoms with E-state index in [0.29, 0.717) is 18.7 Å². The Morgan fingerprint density at radius 2 is 2.23 bits per heavy atom. The van der Waals surface area contributed by atoms with Gasteiger partial charge in [-0.2, -0.15) is 0 Å². The number of nitrogens with one attached hydrogen (secondary N) is 1. The Morgan fingerprint density at radius 3 is 3.00 bits per heavy atom. The van der Waals surface area contributed by atoms with Gasteiger partial charge in [0.15, 0.2) is 0 Å². The molecule has 0 saturated heterocycles. The number of hydrogen-bond donors (Lipinski definition) is 1. The number of aromatic nitrogens is 4. The fraction of sp³-hybridized carbons (Fsp3) is 0.471. The summed E-state index contributed by atoms with van der Waals surface area (Å²) in [6, 6.07) is 1.19. The van der Waals surface area contributed by atoms with Crippen LogP contribution >= 0.6 is 0 Å². The van der Waals surface area contributed by atoms with Gasteiger partial charge in [-0.1, -0.05) is 0 Å². The zero-order valence-electron chi connectivity index (χ0n) is 14.7. The molecule has 1 N–H and O–H groups in total. The number of pyridine rings is 1. The van der Waals surface area contributed by atoms with Crippen LogP contribution in [-0.4, -0.2) is 51.8 Å². The molecule has 0 unspecified atom stereocenters. The minimum absolute atomic E-state index is 0.125. The third-order valence-electron chi connectivity index (χ3n) is 4.87. The second kappa shape index (κ2) is 6.40. The fourth-order valence-electron chi connectivity index (χ4n) is 3.44. The van der Waals surface area contributed by atoms with Crippen LogP contribution in [0.25, 0.3) is 0 Å². The van der Waals surface area contributed by atoms with E-state index in [1.807, 2.05) is 6.07 Å². The van der Waals surface area contributed by atoms with Crippen LogP contribution in [0.4, 0.5) is 5.69 Å². The third kappa shape index (κ3) is 2.79. The number of nitrogens with zero attached hydrogens (tertiary/aromatic N) is 5. The Bertz CT molecular complexity index is 856. The van der Waals surface area contributed by atoms with Gasteiger partial charge < -0.3 is 15.0 Å². The molecule has 0 bridgehead atoms. The van der Waals surface area contributed by atoms with Crippen LogP contribution in [0.2, 0.25) is 0 Å². The molecule has 0 aromatic carbocycles. The topological polar surface area (TPSA) is 102 Å². The van der Waals surface area contributed by atoms with Gasteiger partial charge in [0.2, 0.25) is 17.6 Å². The van der Waals surface area contributed by atoms with Gasteiger partial charge in [0.05, 0.1) is 19.0 Å². The first-order valence-corrected chi connectivity index (χ1v) is 8.62. The largest absolute Gasteiger partial charge is 0.481 e. The molecule has 4 heterocycles. The van der Waals surface area contributed by atoms with E-state index in [9.17, 15) is 9.59 Å². The van der Waals surface area contributed by atoms with Crippen molar-refractivity contribution in [2.24, 2.45) is 0 Å². The molecule has 9 heteroatoms. The van der Waals surface area contributed by atoms with Gasteiger partial charge in [0.1, 0.15) is 11.9 Å². The lowest BCUT2D eigenvalue weighted by molar-refractivity contribution is -0.120. The molecular formula is C17H20N6O3. The average molecular weight is 356 g/mol. The van der Waals surface area contributed by atoms with Crippen LogP contribution in [-0.2, 0) is 24.2 Å². The van der Waals surface area contributed by atoms with Gasteiger partial charge in [0.25, 0.3) is 5.91 Å². The molecule has 2 amide bonds. The van der Waals surface area contributed by atoms with Gasteiger partial charge in [-0.05, 0) is 24.8 Å². The first kappa shape index (κ1) is 16.5. The molecule has 2 aliphatic heterocycles. The van der Waals surface area contributed by atoms with Crippen LogP contribution in [0.3, 0.4) is 0 Å². The predicted molar refractivity (Wildman–Crippen MR) is 92.1 cm³/mol. The number of carbonyl (C=O) groups is 2. The molecule has 9 nitrogen and oxygen atoms in total. The predicted octanol–water partition coefficient (Wildman–Crippen LogP) is 0.335. The molecule has 2 aromatic rings. The van der Waals surface area contributed by atoms with Crippen molar-refractivity contribution < 1.29 is 14.3 Å². The lowest BCUT2D eigenvalue weighted by Crippen LogP contribution is -2.47. The number of rotatable bonds is 3. The van der Waals surface area contributed by atoms with E-state index in [1.54, 1.807) is 25.0 Å². The summed E-state index contributed by atoms with van der Waals surface area (Å²) in [5.74, 6) is 0.852. The van der Waals surface area contributed by atoms with E-state index in [1.165, 1.54) is 4.90 Å². The van der Waals surface area contributed by atoms with E-state index < -0.39 is 11.9 Å². The zero-order chi connectivity index (χ0) is 18.3. The number of carbonyl (C=O) groups excluding carboxylic acids is 2. The number of aryl methyl sites for hydroxylation is 3. The van der Waals surface area contributed by atoms with Crippen LogP contribution in [0.1, 0.15) is 34.8 Å². The summed E-state index contributed by atoms with van der Waals surface area (Å²) in [4.78, 5) is 35.3. The molecule has 2 aliphatic rings. The number of amides is 2. The number of hydrogen-bond acceptors (Lipinski definition) is 6. The van der Waals surface area contributed by atoms with Gasteiger partial charge in [-0.3, -0.25) is 9.59 Å². The second-order valence-electron chi connectivity index (χ2n) is 6.50. The quantitative estimate of drug-likeness (QED) is 0.851. The first-order valence-electron chi connectivity index (χ1n) is 8.62. The lowest BCUT2D eigenvalue weighted by Gasteiger charge is -2.21. The molecule has 26 heavy (non-hydrogen) atoms. The van der Waals surface area contributed by atoms with Crippen molar-refractivity contribution in [1.82, 2.24) is 25.1 Å². The maximum absolute atomic E-state index is 12.8. The Balaban J connectivity index is 1.52. The summed E-state index contributed by atoms with van der Waals surface area (Å²) in [6.45, 7) is 0.783. The van der Waals surface area contributed by atoms with E-state index in [2.05, 4.69) is 20.4 Å². The third-order valence-corrected chi connectivity index (χ3v) is 4.87. The molecule has 2 aromatic heterocycles. The average Bonchev–Trinajstić information content (AvgIpc) is 3.23. The number of fused-ring (bicyclic) bond motifs is 2. The van der Waals surface area contributed by atoms with Crippen LogP contribution in [0.5, 0.6) is 5.88 Å². The summed E-state index contributed by atoms with van der Waals surface area (Å²) in [5.41, 5.74) is 1.69. The lowest BCUT2D eigenvalue weighted by atomic mass is 10.1. The van der Waals surface area contributed by atoms with Crippen molar-refractivity contribution in [3.8, 4) is 5.88 Å². The minimum Gasteiger partial charge on any atom is -0.481 e. The Hall–Kier alpha value is -2.97. The van der Waals surface area contributed by atoms with E-state index >= 15 is 0 Å². The highest BCUT2D eigenvalue weighted by Crippen LogP contribution is 2.28. The molecule has 136 valence electrons. The summed E-state index contributed by atoms with van der Waals surface area (Å²) < 4.78 is 6.91. The minimum atomic E-state index is -0.635. The van der Waals surface area contributed by atoms with Crippen LogP contribution in [0, 0.1) is 0 Å². The highest BCUT2D eigenvalue weighted by atomic mass is 16.5. The highest BCUT2D eigenvalue weighted by molar-refractivity contribution is 6.01. The van der Waals surface area contributed by atoms with Gasteiger partial charge in [-0.15, -0.1) is 5.10 Å². The molecule has 4 rings (SSSR count). The fourth-order valence-corrected chi connectivity index (χ4v) is 3.44. The van der Waals surface area contributed by atoms with Crippen LogP contribution < -0.4 is 15.0 Å². The number of methoxy groups -OCH3 is 1. The summed E-state index contributed by atoms with van der Waals surface area (Å²) >= 11 is 0. The van der Waals surface area contributed by atoms with Crippen molar-refractivity contribution in [3.63, 3.8) is 0 Å². The number of anilines is 1. The van der Waals surface area contributed by atoms with E-state index in [-0.39, 0.29) is 11.7 Å². The SMILES string of the molecule is COc1cc2c(cn1)N(C)C(=O)[C@@H](NC(=O)c1nc3n(n1)CCC3)CC2. The summed E-state index contributed by atoms with van der Waals surface area (Å²) in [5, 5.41) is 7.02. The van der Waals surface area contributed by atoms with Gasteiger partial charge in [0, 0.05) is 26.1 Å². The number of likely N-dealkylation sites (N-methyl/N-ethyl adjacent to an activating group) is 1. The van der Waals surface area contributed by atoms with Crippen molar-refractivity contribution in [1.29, 1.82) is 0 Å². The molecule has 0 spiro atoms. The Morgan fingerprint density at radius 1 is 1.38 bits per heavy atom. The van der Waals surface area contributed by atoms with Gasteiger partial charge >= 0.3 is 0 Å². The highest BCUT2D eigenvalue weighted by Gasteiger charge is 2.31. The zero-order valence-corrected chi connectivity index (χ0v) is 14.7. The molecule has 1 atom stereocenters. The first-order chi connectivity index (χ1) is 12.6. The maximum atomic E-state index is 12.8. The maximum Gasteiger partial charge on any atom is 0.291 e. The summed E-state index contributed by atoms with van der Waals surface area (Å²) in [7, 11) is 3.24. The van der Waals surface area contributed by atoms with E-state index in [4.69, 9.17) is 4.74 Å². The second-order valence-corrected chi connectivity index (χ2v) is 6.50. The standard InChI is InChI=1S/C17H20N6O3/c1-22-12-9-18-14(26-2)8-10(12)5-6-11(17(22)25)19-16(24)15-20-13-4-3-7-23(13)21-15/h8-9,11H,3-7H2,1-2H3,(H,19,24)/t11-/m0/s1. The van der Waals surface area contributed by atoms with Gasteiger partial charge in [-0.25, -0.2) is 14.6 Å². The van der Waals surface area contributed by atoms with Crippen molar-refractivity contribution in [3.05, 3.63) is 29.5 Å². The molecular weight excluding hydrogens is 336 g/mol.